The van der Waals surface area contributed by atoms with E-state index in [1.54, 1.807) is 6.07 Å². The lowest BCUT2D eigenvalue weighted by Gasteiger charge is -2.02. The molecule has 0 atom stereocenters. The van der Waals surface area contributed by atoms with Crippen LogP contribution in [0.3, 0.4) is 0 Å². The monoisotopic (exact) mass is 276 g/mol. The van der Waals surface area contributed by atoms with Crippen molar-refractivity contribution in [3.05, 3.63) is 62.5 Å². The van der Waals surface area contributed by atoms with Crippen LogP contribution in [0.5, 0.6) is 0 Å². The molecule has 0 unspecified atom stereocenters. The van der Waals surface area contributed by atoms with Crippen LogP contribution < -0.4 is 5.56 Å². The van der Waals surface area contributed by atoms with Crippen molar-refractivity contribution >= 4 is 33.2 Å². The number of hydrogen-bond acceptors (Lipinski definition) is 3. The maximum atomic E-state index is 11.8. The minimum atomic E-state index is -0.0849. The Morgan fingerprint density at radius 1 is 1.33 bits per heavy atom. The van der Waals surface area contributed by atoms with Crippen LogP contribution in [0.1, 0.15) is 11.4 Å². The summed E-state index contributed by atoms with van der Waals surface area (Å²) in [5, 5.41) is 3.21. The Hall–Kier alpha value is -1.65. The number of rotatable bonds is 2. The number of H-pyrrole nitrogens is 1. The maximum Gasteiger partial charge on any atom is 0.259 e. The van der Waals surface area contributed by atoms with Crippen LogP contribution >= 0.6 is 22.9 Å². The second kappa shape index (κ2) is 4.55. The minimum Gasteiger partial charge on any atom is -0.310 e. The quantitative estimate of drug-likeness (QED) is 0.781. The van der Waals surface area contributed by atoms with Gasteiger partial charge in [-0.15, -0.1) is 11.3 Å². The van der Waals surface area contributed by atoms with E-state index in [-0.39, 0.29) is 5.56 Å². The summed E-state index contributed by atoms with van der Waals surface area (Å²) in [7, 11) is 0. The summed E-state index contributed by atoms with van der Waals surface area (Å²) < 4.78 is 0. The van der Waals surface area contributed by atoms with Crippen molar-refractivity contribution in [1.29, 1.82) is 0 Å². The lowest BCUT2D eigenvalue weighted by molar-refractivity contribution is 0.977. The van der Waals surface area contributed by atoms with Crippen molar-refractivity contribution in [3.63, 3.8) is 0 Å². The number of thiophene rings is 1. The van der Waals surface area contributed by atoms with Crippen LogP contribution in [0.25, 0.3) is 10.2 Å². The summed E-state index contributed by atoms with van der Waals surface area (Å²) in [4.78, 5) is 19.8. The molecule has 0 aliphatic heterocycles. The Labute approximate surface area is 112 Å². The molecule has 0 aliphatic carbocycles. The summed E-state index contributed by atoms with van der Waals surface area (Å²) in [5.41, 5.74) is 0.944. The molecule has 0 fully saturated rings. The summed E-state index contributed by atoms with van der Waals surface area (Å²) in [6.45, 7) is 0. The Morgan fingerprint density at radius 3 is 3.06 bits per heavy atom. The van der Waals surface area contributed by atoms with Crippen LogP contribution in [0, 0.1) is 0 Å². The Bertz CT molecular complexity index is 763. The molecular formula is C13H9ClN2OS. The Morgan fingerprint density at radius 2 is 2.22 bits per heavy atom. The topological polar surface area (TPSA) is 45.8 Å². The Kier molecular flexibility index (Phi) is 2.89. The number of nitrogens with one attached hydrogen (secondary N) is 1. The van der Waals surface area contributed by atoms with E-state index in [2.05, 4.69) is 9.97 Å². The number of nitrogens with zero attached hydrogens (tertiary/aromatic N) is 1. The first-order chi connectivity index (χ1) is 8.72. The van der Waals surface area contributed by atoms with Gasteiger partial charge >= 0.3 is 0 Å². The van der Waals surface area contributed by atoms with Crippen molar-refractivity contribution in [1.82, 2.24) is 9.97 Å². The standard InChI is InChI=1S/C13H9ClN2OS/c14-9-3-1-2-8(6-9)7-11-15-12(17)10-4-5-18-13(10)16-11/h1-6H,7H2,(H,15,16,17). The summed E-state index contributed by atoms with van der Waals surface area (Å²) in [6.07, 6.45) is 0.573. The van der Waals surface area contributed by atoms with Crippen molar-refractivity contribution in [2.75, 3.05) is 0 Å². The van der Waals surface area contributed by atoms with Crippen LogP contribution in [-0.2, 0) is 6.42 Å². The molecule has 90 valence electrons. The molecule has 1 N–H and O–H groups in total. The van der Waals surface area contributed by atoms with Gasteiger partial charge in [-0.1, -0.05) is 23.7 Å². The highest BCUT2D eigenvalue weighted by Crippen LogP contribution is 2.16. The summed E-state index contributed by atoms with van der Waals surface area (Å²) in [5.74, 6) is 0.664. The number of fused-ring (bicyclic) bond motifs is 1. The van der Waals surface area contributed by atoms with Crippen molar-refractivity contribution in [3.8, 4) is 0 Å². The molecule has 0 amide bonds. The molecule has 0 aliphatic rings. The number of aromatic nitrogens is 2. The molecule has 3 aromatic rings. The SMILES string of the molecule is O=c1[nH]c(Cc2cccc(Cl)c2)nc2sccc12. The van der Waals surface area contributed by atoms with Gasteiger partial charge < -0.3 is 4.98 Å². The van der Waals surface area contributed by atoms with Crippen LogP contribution in [0.2, 0.25) is 5.02 Å². The molecule has 3 rings (SSSR count). The van der Waals surface area contributed by atoms with Gasteiger partial charge in [-0.25, -0.2) is 4.98 Å². The van der Waals surface area contributed by atoms with Gasteiger partial charge in [0.15, 0.2) is 0 Å². The third-order valence-corrected chi connectivity index (χ3v) is 3.69. The molecule has 1 aromatic carbocycles. The van der Waals surface area contributed by atoms with Crippen LogP contribution in [0.4, 0.5) is 0 Å². The van der Waals surface area contributed by atoms with Crippen molar-refractivity contribution < 1.29 is 0 Å². The zero-order chi connectivity index (χ0) is 12.5. The molecule has 18 heavy (non-hydrogen) atoms. The van der Waals surface area contributed by atoms with E-state index in [0.717, 1.165) is 10.4 Å². The molecule has 2 heterocycles. The fraction of sp³-hybridized carbons (Fsp3) is 0.0769. The molecule has 2 aromatic heterocycles. The van der Waals surface area contributed by atoms with Gasteiger partial charge in [0, 0.05) is 11.4 Å². The van der Waals surface area contributed by atoms with E-state index in [4.69, 9.17) is 11.6 Å². The normalized spacial score (nSPS) is 10.9. The molecule has 0 saturated carbocycles. The van der Waals surface area contributed by atoms with Gasteiger partial charge in [-0.2, -0.15) is 0 Å². The smallest absolute Gasteiger partial charge is 0.259 e. The van der Waals surface area contributed by atoms with Crippen LogP contribution in [0.15, 0.2) is 40.5 Å². The highest BCUT2D eigenvalue weighted by molar-refractivity contribution is 7.16. The molecule has 3 nitrogen and oxygen atoms in total. The lowest BCUT2D eigenvalue weighted by atomic mass is 10.1. The molecular weight excluding hydrogens is 268 g/mol. The molecule has 5 heteroatoms. The van der Waals surface area contributed by atoms with Gasteiger partial charge in [-0.3, -0.25) is 4.79 Å². The van der Waals surface area contributed by atoms with Crippen LogP contribution in [-0.4, -0.2) is 9.97 Å². The van der Waals surface area contributed by atoms with Gasteiger partial charge in [0.1, 0.15) is 10.7 Å². The number of benzene rings is 1. The fourth-order valence-corrected chi connectivity index (χ4v) is 2.83. The van der Waals surface area contributed by atoms with E-state index in [0.29, 0.717) is 22.7 Å². The number of halogens is 1. The molecule has 0 saturated heterocycles. The highest BCUT2D eigenvalue weighted by atomic mass is 35.5. The zero-order valence-electron chi connectivity index (χ0n) is 9.31. The first-order valence-corrected chi connectivity index (χ1v) is 6.69. The summed E-state index contributed by atoms with van der Waals surface area (Å²) >= 11 is 7.40. The van der Waals surface area contributed by atoms with Gasteiger partial charge in [0.05, 0.1) is 5.39 Å². The molecule has 0 radical (unpaired) electrons. The predicted molar refractivity (Wildman–Crippen MR) is 74.5 cm³/mol. The second-order valence-electron chi connectivity index (χ2n) is 3.96. The fourth-order valence-electron chi connectivity index (χ4n) is 1.83. The highest BCUT2D eigenvalue weighted by Gasteiger charge is 2.05. The first kappa shape index (κ1) is 11.4. The lowest BCUT2D eigenvalue weighted by Crippen LogP contribution is -2.10. The predicted octanol–water partition coefficient (Wildman–Crippen LogP) is 3.23. The minimum absolute atomic E-state index is 0.0849. The average molecular weight is 277 g/mol. The van der Waals surface area contributed by atoms with E-state index in [9.17, 15) is 4.79 Å². The first-order valence-electron chi connectivity index (χ1n) is 5.43. The average Bonchev–Trinajstić information content (AvgIpc) is 2.77. The van der Waals surface area contributed by atoms with Gasteiger partial charge in [0.25, 0.3) is 5.56 Å². The second-order valence-corrected chi connectivity index (χ2v) is 5.29. The van der Waals surface area contributed by atoms with Crippen molar-refractivity contribution in [2.45, 2.75) is 6.42 Å². The third-order valence-electron chi connectivity index (χ3n) is 2.64. The third kappa shape index (κ3) is 2.17. The van der Waals surface area contributed by atoms with E-state index in [1.807, 2.05) is 29.6 Å². The van der Waals surface area contributed by atoms with Gasteiger partial charge in [0.2, 0.25) is 0 Å². The van der Waals surface area contributed by atoms with E-state index >= 15 is 0 Å². The van der Waals surface area contributed by atoms with E-state index < -0.39 is 0 Å². The van der Waals surface area contributed by atoms with Gasteiger partial charge in [-0.05, 0) is 29.1 Å². The molecule has 0 spiro atoms. The largest absolute Gasteiger partial charge is 0.310 e. The zero-order valence-corrected chi connectivity index (χ0v) is 10.9. The van der Waals surface area contributed by atoms with E-state index in [1.165, 1.54) is 11.3 Å². The Balaban J connectivity index is 2.02. The van der Waals surface area contributed by atoms with Crippen molar-refractivity contribution in [2.24, 2.45) is 0 Å². The summed E-state index contributed by atoms with van der Waals surface area (Å²) in [6, 6.07) is 9.34. The molecule has 0 bridgehead atoms. The maximum absolute atomic E-state index is 11.8. The number of hydrogen-bond donors (Lipinski definition) is 1. The number of aromatic amines is 1.